The smallest absolute Gasteiger partial charge is 0.307 e. The summed E-state index contributed by atoms with van der Waals surface area (Å²) in [6, 6.07) is 7.17. The highest BCUT2D eigenvalue weighted by Gasteiger charge is 2.20. The van der Waals surface area contributed by atoms with Crippen LogP contribution in [0.2, 0.25) is 0 Å². The lowest BCUT2D eigenvalue weighted by Gasteiger charge is -2.28. The number of hydrogen-bond acceptors (Lipinski definition) is 5. The second-order valence-corrected chi connectivity index (χ2v) is 5.59. The largest absolute Gasteiger partial charge is 0.494 e. The third kappa shape index (κ3) is 7.45. The molecule has 0 aliphatic carbocycles. The minimum absolute atomic E-state index is 0.0332. The molecular weight excluding hydrogens is 322 g/mol. The minimum Gasteiger partial charge on any atom is -0.494 e. The van der Waals surface area contributed by atoms with Crippen molar-refractivity contribution < 1.29 is 23.8 Å². The van der Waals surface area contributed by atoms with Crippen LogP contribution in [0.25, 0.3) is 0 Å². The molecule has 25 heavy (non-hydrogen) atoms. The Bertz CT molecular complexity index is 529. The van der Waals surface area contributed by atoms with Crippen molar-refractivity contribution in [2.75, 3.05) is 26.4 Å². The molecule has 0 fully saturated rings. The zero-order valence-electron chi connectivity index (χ0n) is 15.6. The van der Waals surface area contributed by atoms with E-state index in [1.54, 1.807) is 36.1 Å². The van der Waals surface area contributed by atoms with Gasteiger partial charge in [-0.25, -0.2) is 0 Å². The molecule has 0 bridgehead atoms. The van der Waals surface area contributed by atoms with Gasteiger partial charge in [-0.05, 0) is 51.5 Å². The topological polar surface area (TPSA) is 65.1 Å². The number of carbonyl (C=O) groups excluding carboxylic acids is 2. The number of ether oxygens (including phenoxy) is 3. The molecule has 1 aromatic carbocycles. The maximum Gasteiger partial charge on any atom is 0.307 e. The van der Waals surface area contributed by atoms with Crippen LogP contribution in [0, 0.1) is 0 Å². The lowest BCUT2D eigenvalue weighted by Crippen LogP contribution is -2.42. The predicted molar refractivity (Wildman–Crippen MR) is 95.8 cm³/mol. The number of nitrogens with zero attached hydrogens (tertiary/aromatic N) is 1. The summed E-state index contributed by atoms with van der Waals surface area (Å²) in [6.07, 6.45) is 0.991. The lowest BCUT2D eigenvalue weighted by atomic mass is 10.2. The van der Waals surface area contributed by atoms with Crippen LogP contribution in [0.4, 0.5) is 0 Å². The van der Waals surface area contributed by atoms with Crippen LogP contribution in [-0.2, 0) is 14.3 Å². The third-order valence-electron chi connectivity index (χ3n) is 3.80. The highest BCUT2D eigenvalue weighted by molar-refractivity contribution is 5.79. The highest BCUT2D eigenvalue weighted by Crippen LogP contribution is 2.17. The van der Waals surface area contributed by atoms with E-state index in [-0.39, 0.29) is 30.9 Å². The van der Waals surface area contributed by atoms with Crippen LogP contribution in [0.5, 0.6) is 11.5 Å². The molecule has 0 saturated carbocycles. The zero-order valence-corrected chi connectivity index (χ0v) is 15.6. The van der Waals surface area contributed by atoms with E-state index >= 15 is 0 Å². The lowest BCUT2D eigenvalue weighted by molar-refractivity contribution is -0.144. The van der Waals surface area contributed by atoms with Crippen molar-refractivity contribution >= 4 is 11.9 Å². The Hall–Kier alpha value is -2.24. The van der Waals surface area contributed by atoms with Crippen LogP contribution < -0.4 is 9.47 Å². The first-order valence-electron chi connectivity index (χ1n) is 8.82. The molecule has 0 saturated heterocycles. The molecule has 0 aliphatic heterocycles. The fraction of sp³-hybridized carbons (Fsp3) is 0.579. The van der Waals surface area contributed by atoms with Crippen LogP contribution in [0.15, 0.2) is 24.3 Å². The summed E-state index contributed by atoms with van der Waals surface area (Å²) in [5.74, 6) is 0.923. The van der Waals surface area contributed by atoms with Crippen LogP contribution in [0.1, 0.15) is 40.5 Å². The van der Waals surface area contributed by atoms with Crippen LogP contribution >= 0.6 is 0 Å². The van der Waals surface area contributed by atoms with Crippen LogP contribution in [-0.4, -0.2) is 49.2 Å². The van der Waals surface area contributed by atoms with E-state index in [1.807, 2.05) is 20.8 Å². The van der Waals surface area contributed by atoms with Crippen molar-refractivity contribution in [2.24, 2.45) is 0 Å². The summed E-state index contributed by atoms with van der Waals surface area (Å²) in [6.45, 7) is 8.85. The predicted octanol–water partition coefficient (Wildman–Crippen LogP) is 3.04. The highest BCUT2D eigenvalue weighted by atomic mass is 16.5. The van der Waals surface area contributed by atoms with E-state index in [2.05, 4.69) is 0 Å². The van der Waals surface area contributed by atoms with Gasteiger partial charge in [0.2, 0.25) is 0 Å². The molecule has 0 aliphatic rings. The SMILES string of the molecule is CCOC(=O)CCN(C(=O)COc1ccc(OCC)cc1)C(C)CC. The van der Waals surface area contributed by atoms with Gasteiger partial charge in [0.15, 0.2) is 6.61 Å². The number of hydrogen-bond donors (Lipinski definition) is 0. The first kappa shape index (κ1) is 20.8. The molecule has 0 N–H and O–H groups in total. The normalized spacial score (nSPS) is 11.5. The average molecular weight is 351 g/mol. The van der Waals surface area contributed by atoms with E-state index in [9.17, 15) is 9.59 Å². The first-order chi connectivity index (χ1) is 12.0. The summed E-state index contributed by atoms with van der Waals surface area (Å²) in [4.78, 5) is 25.7. The standard InChI is InChI=1S/C19H29NO5/c1-5-15(4)20(13-12-19(22)24-7-3)18(21)14-25-17-10-8-16(9-11-17)23-6-2/h8-11,15H,5-7,12-14H2,1-4H3. The van der Waals surface area contributed by atoms with Crippen molar-refractivity contribution in [2.45, 2.75) is 46.6 Å². The van der Waals surface area contributed by atoms with E-state index in [4.69, 9.17) is 14.2 Å². The quantitative estimate of drug-likeness (QED) is 0.573. The van der Waals surface area contributed by atoms with Crippen molar-refractivity contribution in [3.63, 3.8) is 0 Å². The molecule has 0 heterocycles. The molecule has 6 heteroatoms. The Balaban J connectivity index is 2.57. The molecule has 0 spiro atoms. The Morgan fingerprint density at radius 3 is 2.12 bits per heavy atom. The van der Waals surface area contributed by atoms with Gasteiger partial charge in [-0.3, -0.25) is 9.59 Å². The van der Waals surface area contributed by atoms with Gasteiger partial charge in [0.25, 0.3) is 5.91 Å². The average Bonchev–Trinajstić information content (AvgIpc) is 2.61. The summed E-state index contributed by atoms with van der Waals surface area (Å²) in [7, 11) is 0. The van der Waals surface area contributed by atoms with E-state index in [0.29, 0.717) is 25.5 Å². The molecule has 1 amide bonds. The molecule has 1 atom stereocenters. The molecule has 6 nitrogen and oxygen atoms in total. The van der Waals surface area contributed by atoms with Crippen LogP contribution in [0.3, 0.4) is 0 Å². The number of benzene rings is 1. The summed E-state index contributed by atoms with van der Waals surface area (Å²) in [5.41, 5.74) is 0. The van der Waals surface area contributed by atoms with E-state index in [1.165, 1.54) is 0 Å². The maximum absolute atomic E-state index is 12.5. The van der Waals surface area contributed by atoms with Gasteiger partial charge in [-0.2, -0.15) is 0 Å². The van der Waals surface area contributed by atoms with Gasteiger partial charge in [0.1, 0.15) is 11.5 Å². The summed E-state index contributed by atoms with van der Waals surface area (Å²) < 4.78 is 15.9. The molecule has 1 unspecified atom stereocenters. The summed E-state index contributed by atoms with van der Waals surface area (Å²) in [5, 5.41) is 0. The number of rotatable bonds is 11. The van der Waals surface area contributed by atoms with Crippen molar-refractivity contribution in [3.8, 4) is 11.5 Å². The fourth-order valence-corrected chi connectivity index (χ4v) is 2.28. The minimum atomic E-state index is -0.295. The molecule has 0 radical (unpaired) electrons. The molecule has 1 rings (SSSR count). The number of amides is 1. The molecule has 1 aromatic rings. The van der Waals surface area contributed by atoms with Gasteiger partial charge in [0.05, 0.1) is 19.6 Å². The van der Waals surface area contributed by atoms with Gasteiger partial charge in [-0.1, -0.05) is 6.92 Å². The second-order valence-electron chi connectivity index (χ2n) is 5.59. The number of carbonyl (C=O) groups is 2. The molecular formula is C19H29NO5. The van der Waals surface area contributed by atoms with Gasteiger partial charge in [-0.15, -0.1) is 0 Å². The Morgan fingerprint density at radius 1 is 1.00 bits per heavy atom. The second kappa shape index (κ2) is 11.3. The Kier molecular flexibility index (Phi) is 9.43. The maximum atomic E-state index is 12.5. The summed E-state index contributed by atoms with van der Waals surface area (Å²) >= 11 is 0. The number of esters is 1. The van der Waals surface area contributed by atoms with Crippen molar-refractivity contribution in [1.82, 2.24) is 4.90 Å². The Morgan fingerprint density at radius 2 is 1.60 bits per heavy atom. The monoisotopic (exact) mass is 351 g/mol. The Labute approximate surface area is 150 Å². The molecule has 140 valence electrons. The van der Waals surface area contributed by atoms with Gasteiger partial charge >= 0.3 is 5.97 Å². The zero-order chi connectivity index (χ0) is 18.7. The van der Waals surface area contributed by atoms with E-state index in [0.717, 1.165) is 12.2 Å². The molecule has 0 aromatic heterocycles. The van der Waals surface area contributed by atoms with E-state index < -0.39 is 0 Å². The van der Waals surface area contributed by atoms with Gasteiger partial charge in [0, 0.05) is 12.6 Å². The van der Waals surface area contributed by atoms with Gasteiger partial charge < -0.3 is 19.1 Å². The first-order valence-corrected chi connectivity index (χ1v) is 8.82. The van der Waals surface area contributed by atoms with Crippen molar-refractivity contribution in [1.29, 1.82) is 0 Å². The van der Waals surface area contributed by atoms with Crippen molar-refractivity contribution in [3.05, 3.63) is 24.3 Å². The third-order valence-corrected chi connectivity index (χ3v) is 3.80. The fourth-order valence-electron chi connectivity index (χ4n) is 2.28.